The van der Waals surface area contributed by atoms with E-state index in [1.54, 1.807) is 12.4 Å². The predicted octanol–water partition coefficient (Wildman–Crippen LogP) is 4.61. The lowest BCUT2D eigenvalue weighted by atomic mass is 9.98. The van der Waals surface area contributed by atoms with Crippen molar-refractivity contribution in [3.63, 3.8) is 0 Å². The van der Waals surface area contributed by atoms with Crippen LogP contribution < -0.4 is 10.2 Å². The third-order valence-corrected chi connectivity index (χ3v) is 4.28. The van der Waals surface area contributed by atoms with Gasteiger partial charge in [-0.1, -0.05) is 32.0 Å². The Morgan fingerprint density at radius 1 is 1.21 bits per heavy atom. The number of aromatic nitrogens is 1. The van der Waals surface area contributed by atoms with E-state index in [1.807, 2.05) is 25.1 Å². The van der Waals surface area contributed by atoms with Crippen LogP contribution in [0.15, 0.2) is 36.7 Å². The van der Waals surface area contributed by atoms with Crippen LogP contribution >= 0.6 is 0 Å². The number of nitrogens with zero attached hydrogens (tertiary/aromatic N) is 2. The SMILES string of the molecule is CCN(CC)c1cncc(C(=O)Nc2c(C)cccc2C(C)C)c1. The Morgan fingerprint density at radius 3 is 2.54 bits per heavy atom. The van der Waals surface area contributed by atoms with Gasteiger partial charge in [-0.3, -0.25) is 9.78 Å². The lowest BCUT2D eigenvalue weighted by molar-refractivity contribution is 0.102. The molecule has 0 saturated carbocycles. The fraction of sp³-hybridized carbons (Fsp3) is 0.400. The average Bonchev–Trinajstić information content (AvgIpc) is 2.57. The highest BCUT2D eigenvalue weighted by molar-refractivity contribution is 6.05. The third kappa shape index (κ3) is 3.94. The highest BCUT2D eigenvalue weighted by atomic mass is 16.1. The summed E-state index contributed by atoms with van der Waals surface area (Å²) in [7, 11) is 0. The van der Waals surface area contributed by atoms with Gasteiger partial charge in [-0.05, 0) is 43.9 Å². The number of rotatable bonds is 6. The summed E-state index contributed by atoms with van der Waals surface area (Å²) in [6, 6.07) is 8.02. The predicted molar refractivity (Wildman–Crippen MR) is 101 cm³/mol. The van der Waals surface area contributed by atoms with E-state index < -0.39 is 0 Å². The molecule has 2 rings (SSSR count). The second-order valence-corrected chi connectivity index (χ2v) is 6.25. The van der Waals surface area contributed by atoms with Crippen molar-refractivity contribution in [2.75, 3.05) is 23.3 Å². The van der Waals surface area contributed by atoms with Gasteiger partial charge >= 0.3 is 0 Å². The van der Waals surface area contributed by atoms with Gasteiger partial charge in [0.05, 0.1) is 17.4 Å². The van der Waals surface area contributed by atoms with E-state index in [-0.39, 0.29) is 5.91 Å². The van der Waals surface area contributed by atoms with E-state index in [1.165, 1.54) is 0 Å². The van der Waals surface area contributed by atoms with Gasteiger partial charge in [0, 0.05) is 25.0 Å². The van der Waals surface area contributed by atoms with E-state index in [9.17, 15) is 4.79 Å². The first-order valence-electron chi connectivity index (χ1n) is 8.58. The zero-order chi connectivity index (χ0) is 17.7. The Balaban J connectivity index is 2.30. The van der Waals surface area contributed by atoms with Gasteiger partial charge in [-0.25, -0.2) is 0 Å². The molecular weight excluding hydrogens is 298 g/mol. The molecule has 1 N–H and O–H groups in total. The minimum Gasteiger partial charge on any atom is -0.371 e. The fourth-order valence-electron chi connectivity index (χ4n) is 2.84. The van der Waals surface area contributed by atoms with Crippen LogP contribution in [0.5, 0.6) is 0 Å². The van der Waals surface area contributed by atoms with Crippen molar-refractivity contribution in [1.29, 1.82) is 0 Å². The van der Waals surface area contributed by atoms with E-state index in [0.717, 1.165) is 35.6 Å². The number of nitrogens with one attached hydrogen (secondary N) is 1. The highest BCUT2D eigenvalue weighted by Crippen LogP contribution is 2.28. The normalized spacial score (nSPS) is 10.8. The molecule has 0 radical (unpaired) electrons. The first-order valence-corrected chi connectivity index (χ1v) is 8.58. The summed E-state index contributed by atoms with van der Waals surface area (Å²) in [4.78, 5) is 19.1. The van der Waals surface area contributed by atoms with Crippen LogP contribution in [0.4, 0.5) is 11.4 Å². The van der Waals surface area contributed by atoms with Crippen molar-refractivity contribution in [2.45, 2.75) is 40.5 Å². The molecule has 1 aromatic heterocycles. The molecular formula is C20H27N3O. The summed E-state index contributed by atoms with van der Waals surface area (Å²) < 4.78 is 0. The minimum absolute atomic E-state index is 0.118. The number of hydrogen-bond donors (Lipinski definition) is 1. The van der Waals surface area contributed by atoms with Crippen molar-refractivity contribution in [3.8, 4) is 0 Å². The van der Waals surface area contributed by atoms with Crippen molar-refractivity contribution < 1.29 is 4.79 Å². The van der Waals surface area contributed by atoms with Gasteiger partial charge in [0.1, 0.15) is 0 Å². The summed E-state index contributed by atoms with van der Waals surface area (Å²) in [6.07, 6.45) is 3.42. The number of pyridine rings is 1. The maximum atomic E-state index is 12.7. The molecule has 0 aliphatic rings. The van der Waals surface area contributed by atoms with Crippen LogP contribution in [0.1, 0.15) is 55.1 Å². The van der Waals surface area contributed by atoms with Crippen molar-refractivity contribution >= 4 is 17.3 Å². The lowest BCUT2D eigenvalue weighted by Crippen LogP contribution is -2.23. The van der Waals surface area contributed by atoms with E-state index >= 15 is 0 Å². The number of carbonyl (C=O) groups is 1. The molecule has 2 aromatic rings. The third-order valence-electron chi connectivity index (χ3n) is 4.28. The number of anilines is 2. The Bertz CT molecular complexity index is 706. The monoisotopic (exact) mass is 325 g/mol. The summed E-state index contributed by atoms with van der Waals surface area (Å²) in [5, 5.41) is 3.08. The molecule has 0 aliphatic heterocycles. The van der Waals surface area contributed by atoms with Crippen molar-refractivity contribution in [2.24, 2.45) is 0 Å². The highest BCUT2D eigenvalue weighted by Gasteiger charge is 2.14. The van der Waals surface area contributed by atoms with Gasteiger partial charge < -0.3 is 10.2 Å². The van der Waals surface area contributed by atoms with Crippen LogP contribution in [0.3, 0.4) is 0 Å². The van der Waals surface area contributed by atoms with Crippen LogP contribution in [0.2, 0.25) is 0 Å². The number of hydrogen-bond acceptors (Lipinski definition) is 3. The molecule has 1 amide bonds. The van der Waals surface area contributed by atoms with Crippen LogP contribution in [0, 0.1) is 6.92 Å². The lowest BCUT2D eigenvalue weighted by Gasteiger charge is -2.21. The molecule has 0 fully saturated rings. The maximum Gasteiger partial charge on any atom is 0.257 e. The number of carbonyl (C=O) groups excluding carboxylic acids is 1. The van der Waals surface area contributed by atoms with E-state index in [0.29, 0.717) is 11.5 Å². The molecule has 24 heavy (non-hydrogen) atoms. The van der Waals surface area contributed by atoms with Crippen molar-refractivity contribution in [1.82, 2.24) is 4.98 Å². The zero-order valence-corrected chi connectivity index (χ0v) is 15.3. The second-order valence-electron chi connectivity index (χ2n) is 6.25. The standard InChI is InChI=1S/C20H27N3O/c1-6-23(7-2)17-11-16(12-21-13-17)20(24)22-19-15(5)9-8-10-18(19)14(3)4/h8-14H,6-7H2,1-5H3,(H,22,24). The molecule has 4 nitrogen and oxygen atoms in total. The van der Waals surface area contributed by atoms with Gasteiger partial charge in [0.25, 0.3) is 5.91 Å². The van der Waals surface area contributed by atoms with Gasteiger partial charge in [0.15, 0.2) is 0 Å². The quantitative estimate of drug-likeness (QED) is 0.843. The smallest absolute Gasteiger partial charge is 0.257 e. The van der Waals surface area contributed by atoms with Gasteiger partial charge in [0.2, 0.25) is 0 Å². The largest absolute Gasteiger partial charge is 0.371 e. The number of para-hydroxylation sites is 1. The zero-order valence-electron chi connectivity index (χ0n) is 15.3. The molecule has 4 heteroatoms. The molecule has 0 saturated heterocycles. The molecule has 0 spiro atoms. The molecule has 0 aliphatic carbocycles. The number of aryl methyl sites for hydroxylation is 1. The molecule has 1 heterocycles. The molecule has 0 bridgehead atoms. The fourth-order valence-corrected chi connectivity index (χ4v) is 2.84. The van der Waals surface area contributed by atoms with Crippen LogP contribution in [-0.4, -0.2) is 24.0 Å². The summed E-state index contributed by atoms with van der Waals surface area (Å²) in [6.45, 7) is 12.3. The molecule has 1 aromatic carbocycles. The van der Waals surface area contributed by atoms with Gasteiger partial charge in [-0.15, -0.1) is 0 Å². The topological polar surface area (TPSA) is 45.2 Å². The second kappa shape index (κ2) is 7.95. The molecule has 128 valence electrons. The first kappa shape index (κ1) is 18.0. The average molecular weight is 325 g/mol. The van der Waals surface area contributed by atoms with Crippen molar-refractivity contribution in [3.05, 3.63) is 53.3 Å². The number of benzene rings is 1. The van der Waals surface area contributed by atoms with E-state index in [2.05, 4.69) is 49.0 Å². The minimum atomic E-state index is -0.118. The molecule has 0 atom stereocenters. The van der Waals surface area contributed by atoms with E-state index in [4.69, 9.17) is 0 Å². The Labute approximate surface area is 144 Å². The number of amides is 1. The van der Waals surface area contributed by atoms with Gasteiger partial charge in [-0.2, -0.15) is 0 Å². The summed E-state index contributed by atoms with van der Waals surface area (Å²) in [5.74, 6) is 0.230. The van der Waals surface area contributed by atoms with Crippen LogP contribution in [0.25, 0.3) is 0 Å². The Kier molecular flexibility index (Phi) is 5.96. The Hall–Kier alpha value is -2.36. The summed E-state index contributed by atoms with van der Waals surface area (Å²) in [5.41, 5.74) is 4.68. The summed E-state index contributed by atoms with van der Waals surface area (Å²) >= 11 is 0. The maximum absolute atomic E-state index is 12.7. The first-order chi connectivity index (χ1) is 11.5. The van der Waals surface area contributed by atoms with Crippen LogP contribution in [-0.2, 0) is 0 Å². The molecule has 0 unspecified atom stereocenters. The Morgan fingerprint density at radius 2 is 1.92 bits per heavy atom.